The molecular weight excluding hydrogens is 302 g/mol. The topological polar surface area (TPSA) is 20.2 Å². The Kier molecular flexibility index (Phi) is 3.78. The third kappa shape index (κ3) is 2.60. The fourth-order valence-corrected chi connectivity index (χ4v) is 2.45. The number of aryl methyl sites for hydroxylation is 1. The highest BCUT2D eigenvalue weighted by atomic mass is 79.9. The summed E-state index contributed by atoms with van der Waals surface area (Å²) in [6.45, 7) is 1.92. The molecule has 0 saturated carbocycles. The summed E-state index contributed by atoms with van der Waals surface area (Å²) in [4.78, 5) is 0. The molecule has 0 radical (unpaired) electrons. The fraction of sp³-hybridized carbons (Fsp3) is 0.143. The van der Waals surface area contributed by atoms with Crippen LogP contribution in [-0.4, -0.2) is 5.11 Å². The zero-order chi connectivity index (χ0) is 13.3. The van der Waals surface area contributed by atoms with E-state index in [1.54, 1.807) is 6.07 Å². The van der Waals surface area contributed by atoms with E-state index >= 15 is 0 Å². The molecule has 2 rings (SSSR count). The molecule has 0 fully saturated rings. The predicted octanol–water partition coefficient (Wildman–Crippen LogP) is 4.12. The number of aliphatic hydroxyl groups is 1. The third-order valence-electron chi connectivity index (χ3n) is 2.71. The van der Waals surface area contributed by atoms with Crippen LogP contribution in [0.2, 0.25) is 0 Å². The standard InChI is InChI=1S/C14H11BrF2O/c1-8-2-4-10(12(15)6-8)14(18)11-5-3-9(16)7-13(11)17/h2-7,14,18H,1H3. The van der Waals surface area contributed by atoms with Gasteiger partial charge in [0.1, 0.15) is 17.7 Å². The lowest BCUT2D eigenvalue weighted by molar-refractivity contribution is 0.214. The maximum absolute atomic E-state index is 13.6. The third-order valence-corrected chi connectivity index (χ3v) is 3.39. The van der Waals surface area contributed by atoms with Gasteiger partial charge in [0.2, 0.25) is 0 Å². The molecule has 1 atom stereocenters. The van der Waals surface area contributed by atoms with E-state index in [-0.39, 0.29) is 5.56 Å². The molecule has 4 heteroatoms. The van der Waals surface area contributed by atoms with Crippen LogP contribution in [0.4, 0.5) is 8.78 Å². The summed E-state index contributed by atoms with van der Waals surface area (Å²) in [5, 5.41) is 10.1. The minimum atomic E-state index is -1.12. The highest BCUT2D eigenvalue weighted by Crippen LogP contribution is 2.30. The summed E-state index contributed by atoms with van der Waals surface area (Å²) < 4.78 is 27.1. The Balaban J connectivity index is 2.44. The number of hydrogen-bond donors (Lipinski definition) is 1. The molecule has 0 amide bonds. The Morgan fingerprint density at radius 3 is 2.33 bits per heavy atom. The van der Waals surface area contributed by atoms with Gasteiger partial charge in [-0.2, -0.15) is 0 Å². The van der Waals surface area contributed by atoms with Gasteiger partial charge in [0.05, 0.1) is 0 Å². The molecule has 1 N–H and O–H groups in total. The normalized spacial score (nSPS) is 12.5. The van der Waals surface area contributed by atoms with E-state index in [0.717, 1.165) is 17.7 Å². The van der Waals surface area contributed by atoms with Crippen LogP contribution in [0.3, 0.4) is 0 Å². The second-order valence-corrected chi connectivity index (χ2v) is 4.95. The molecule has 2 aromatic carbocycles. The number of rotatable bonds is 2. The molecule has 0 bridgehead atoms. The number of halogens is 3. The lowest BCUT2D eigenvalue weighted by Gasteiger charge is -2.14. The summed E-state index contributed by atoms with van der Waals surface area (Å²) in [5.41, 5.74) is 1.63. The van der Waals surface area contributed by atoms with Gasteiger partial charge in [-0.05, 0) is 30.2 Å². The number of hydrogen-bond acceptors (Lipinski definition) is 1. The second kappa shape index (κ2) is 5.16. The van der Waals surface area contributed by atoms with Crippen molar-refractivity contribution < 1.29 is 13.9 Å². The molecule has 0 heterocycles. The summed E-state index contributed by atoms with van der Waals surface area (Å²) in [7, 11) is 0. The largest absolute Gasteiger partial charge is 0.384 e. The maximum atomic E-state index is 13.6. The van der Waals surface area contributed by atoms with Crippen molar-refractivity contribution >= 4 is 15.9 Å². The fourth-order valence-electron chi connectivity index (χ4n) is 1.74. The van der Waals surface area contributed by atoms with E-state index in [9.17, 15) is 13.9 Å². The van der Waals surface area contributed by atoms with Crippen molar-refractivity contribution in [3.05, 3.63) is 69.2 Å². The lowest BCUT2D eigenvalue weighted by atomic mass is 10.00. The van der Waals surface area contributed by atoms with Crippen molar-refractivity contribution in [3.63, 3.8) is 0 Å². The molecule has 0 aromatic heterocycles. The van der Waals surface area contributed by atoms with Crippen molar-refractivity contribution in [2.45, 2.75) is 13.0 Å². The van der Waals surface area contributed by atoms with E-state index in [4.69, 9.17) is 0 Å². The quantitative estimate of drug-likeness (QED) is 0.884. The summed E-state index contributed by atoms with van der Waals surface area (Å²) in [6.07, 6.45) is -1.12. The zero-order valence-electron chi connectivity index (χ0n) is 9.62. The van der Waals surface area contributed by atoms with Crippen LogP contribution in [0.1, 0.15) is 22.8 Å². The summed E-state index contributed by atoms with van der Waals surface area (Å²) in [6, 6.07) is 8.52. The first-order valence-corrected chi connectivity index (χ1v) is 6.17. The zero-order valence-corrected chi connectivity index (χ0v) is 11.2. The Morgan fingerprint density at radius 2 is 1.72 bits per heavy atom. The van der Waals surface area contributed by atoms with E-state index in [1.165, 1.54) is 6.07 Å². The number of benzene rings is 2. The Hall–Kier alpha value is -1.26. The van der Waals surface area contributed by atoms with Gasteiger partial charge < -0.3 is 5.11 Å². The molecule has 1 nitrogen and oxygen atoms in total. The Bertz CT molecular complexity index is 533. The van der Waals surface area contributed by atoms with Crippen LogP contribution in [-0.2, 0) is 0 Å². The van der Waals surface area contributed by atoms with Crippen molar-refractivity contribution in [2.75, 3.05) is 0 Å². The average molecular weight is 313 g/mol. The molecule has 18 heavy (non-hydrogen) atoms. The Labute approximate surface area is 112 Å². The number of aliphatic hydroxyl groups excluding tert-OH is 1. The van der Waals surface area contributed by atoms with Crippen LogP contribution in [0, 0.1) is 18.6 Å². The van der Waals surface area contributed by atoms with Crippen molar-refractivity contribution in [1.29, 1.82) is 0 Å². The van der Waals surface area contributed by atoms with Gasteiger partial charge >= 0.3 is 0 Å². The monoisotopic (exact) mass is 312 g/mol. The van der Waals surface area contributed by atoms with Crippen LogP contribution >= 0.6 is 15.9 Å². The maximum Gasteiger partial charge on any atom is 0.132 e. The van der Waals surface area contributed by atoms with Crippen LogP contribution < -0.4 is 0 Å². The second-order valence-electron chi connectivity index (χ2n) is 4.09. The molecule has 0 spiro atoms. The van der Waals surface area contributed by atoms with Gasteiger partial charge in [0, 0.05) is 16.1 Å². The Morgan fingerprint density at radius 1 is 1.06 bits per heavy atom. The van der Waals surface area contributed by atoms with Gasteiger partial charge in [-0.15, -0.1) is 0 Å². The minimum Gasteiger partial charge on any atom is -0.384 e. The van der Waals surface area contributed by atoms with Crippen LogP contribution in [0.15, 0.2) is 40.9 Å². The molecule has 0 aliphatic rings. The van der Waals surface area contributed by atoms with Gasteiger partial charge in [-0.1, -0.05) is 34.1 Å². The molecule has 94 valence electrons. The highest BCUT2D eigenvalue weighted by Gasteiger charge is 2.17. The van der Waals surface area contributed by atoms with Gasteiger partial charge in [-0.3, -0.25) is 0 Å². The van der Waals surface area contributed by atoms with Crippen LogP contribution in [0.5, 0.6) is 0 Å². The molecule has 1 unspecified atom stereocenters. The predicted molar refractivity (Wildman–Crippen MR) is 69.3 cm³/mol. The van der Waals surface area contributed by atoms with Gasteiger partial charge in [0.25, 0.3) is 0 Å². The average Bonchev–Trinajstić information content (AvgIpc) is 2.28. The molecule has 2 aromatic rings. The van der Waals surface area contributed by atoms with E-state index in [2.05, 4.69) is 15.9 Å². The SMILES string of the molecule is Cc1ccc(C(O)c2ccc(F)cc2F)c(Br)c1. The van der Waals surface area contributed by atoms with Crippen molar-refractivity contribution in [1.82, 2.24) is 0 Å². The summed E-state index contributed by atoms with van der Waals surface area (Å²) in [5.74, 6) is -1.42. The molecule has 0 aliphatic carbocycles. The van der Waals surface area contributed by atoms with Crippen molar-refractivity contribution in [2.24, 2.45) is 0 Å². The minimum absolute atomic E-state index is 0.0564. The molecule has 0 saturated heterocycles. The summed E-state index contributed by atoms with van der Waals surface area (Å²) >= 11 is 3.33. The smallest absolute Gasteiger partial charge is 0.132 e. The molecule has 0 aliphatic heterocycles. The highest BCUT2D eigenvalue weighted by molar-refractivity contribution is 9.10. The van der Waals surface area contributed by atoms with Gasteiger partial charge in [0.15, 0.2) is 0 Å². The van der Waals surface area contributed by atoms with Crippen molar-refractivity contribution in [3.8, 4) is 0 Å². The first-order chi connectivity index (χ1) is 8.49. The first kappa shape index (κ1) is 13.2. The van der Waals surface area contributed by atoms with Gasteiger partial charge in [-0.25, -0.2) is 8.78 Å². The first-order valence-electron chi connectivity index (χ1n) is 5.38. The lowest BCUT2D eigenvalue weighted by Crippen LogP contribution is -2.04. The van der Waals surface area contributed by atoms with E-state index < -0.39 is 17.7 Å². The van der Waals surface area contributed by atoms with E-state index in [0.29, 0.717) is 10.0 Å². The van der Waals surface area contributed by atoms with Crippen LogP contribution in [0.25, 0.3) is 0 Å². The van der Waals surface area contributed by atoms with E-state index in [1.807, 2.05) is 19.1 Å². The molecular formula is C14H11BrF2O.